The zero-order valence-electron chi connectivity index (χ0n) is 13.5. The van der Waals surface area contributed by atoms with Crippen LogP contribution in [0.25, 0.3) is 0 Å². The van der Waals surface area contributed by atoms with E-state index in [9.17, 15) is 18.0 Å². The first kappa shape index (κ1) is 17.5. The average Bonchev–Trinajstić information content (AvgIpc) is 3.10. The van der Waals surface area contributed by atoms with Gasteiger partial charge in [0.05, 0.1) is 11.5 Å². The number of nitrogens with one attached hydrogen (secondary N) is 2. The molecule has 1 saturated heterocycles. The van der Waals surface area contributed by atoms with Crippen LogP contribution in [-0.4, -0.2) is 19.0 Å². The highest BCUT2D eigenvalue weighted by Crippen LogP contribution is 2.33. The summed E-state index contributed by atoms with van der Waals surface area (Å²) in [6, 6.07) is 14.7. The van der Waals surface area contributed by atoms with Crippen LogP contribution in [-0.2, 0) is 17.5 Å². The van der Waals surface area contributed by atoms with Crippen LogP contribution in [0.4, 0.5) is 13.2 Å². The van der Waals surface area contributed by atoms with Crippen molar-refractivity contribution in [3.05, 3.63) is 71.3 Å². The molecule has 1 amide bonds. The number of carbonyl (C=O) groups is 1. The van der Waals surface area contributed by atoms with Crippen molar-refractivity contribution in [2.45, 2.75) is 18.6 Å². The quantitative estimate of drug-likeness (QED) is 0.890. The van der Waals surface area contributed by atoms with Crippen LogP contribution in [0.3, 0.4) is 0 Å². The van der Waals surface area contributed by atoms with Gasteiger partial charge in [-0.1, -0.05) is 42.5 Å². The number of rotatable bonds is 4. The normalized spacial score (nSPS) is 20.4. The lowest BCUT2D eigenvalue weighted by Gasteiger charge is -2.19. The molecule has 2 aromatic rings. The molecule has 0 radical (unpaired) electrons. The fraction of sp³-hybridized carbons (Fsp3) is 0.316. The number of amides is 1. The molecule has 3 nitrogen and oxygen atoms in total. The number of carbonyl (C=O) groups excluding carboxylic acids is 1. The maximum atomic E-state index is 12.7. The van der Waals surface area contributed by atoms with Gasteiger partial charge < -0.3 is 10.6 Å². The van der Waals surface area contributed by atoms with Crippen LogP contribution in [0.5, 0.6) is 0 Å². The van der Waals surface area contributed by atoms with Gasteiger partial charge in [-0.15, -0.1) is 0 Å². The van der Waals surface area contributed by atoms with Gasteiger partial charge in [0, 0.05) is 25.6 Å². The Labute approximate surface area is 144 Å². The van der Waals surface area contributed by atoms with Gasteiger partial charge in [0.1, 0.15) is 0 Å². The van der Waals surface area contributed by atoms with E-state index in [-0.39, 0.29) is 17.7 Å². The zero-order valence-corrected chi connectivity index (χ0v) is 13.5. The van der Waals surface area contributed by atoms with Crippen LogP contribution in [0.1, 0.15) is 22.6 Å². The topological polar surface area (TPSA) is 41.1 Å². The minimum absolute atomic E-state index is 0.0845. The molecule has 132 valence electrons. The largest absolute Gasteiger partial charge is 0.416 e. The third-order valence-electron chi connectivity index (χ3n) is 4.53. The molecule has 0 spiro atoms. The van der Waals surface area contributed by atoms with Crippen molar-refractivity contribution in [3.8, 4) is 0 Å². The molecule has 2 aromatic carbocycles. The van der Waals surface area contributed by atoms with Crippen LogP contribution in [0, 0.1) is 5.92 Å². The van der Waals surface area contributed by atoms with E-state index in [2.05, 4.69) is 10.6 Å². The van der Waals surface area contributed by atoms with Crippen molar-refractivity contribution >= 4 is 5.91 Å². The predicted octanol–water partition coefficient (Wildman–Crippen LogP) is 3.32. The van der Waals surface area contributed by atoms with Crippen molar-refractivity contribution < 1.29 is 18.0 Å². The summed E-state index contributed by atoms with van der Waals surface area (Å²) in [5, 5.41) is 6.08. The first-order chi connectivity index (χ1) is 11.9. The van der Waals surface area contributed by atoms with Crippen molar-refractivity contribution in [1.29, 1.82) is 0 Å². The van der Waals surface area contributed by atoms with Crippen molar-refractivity contribution in [1.82, 2.24) is 10.6 Å². The standard InChI is InChI=1S/C19H19F3N2O/c20-19(21,22)15-8-6-14(7-9-15)16-11-23-12-17(16)18(25)24-10-13-4-2-1-3-5-13/h1-9,16-17,23H,10-12H2,(H,24,25). The van der Waals surface area contributed by atoms with Crippen molar-refractivity contribution in [2.75, 3.05) is 13.1 Å². The second-order valence-corrected chi connectivity index (χ2v) is 6.19. The highest BCUT2D eigenvalue weighted by molar-refractivity contribution is 5.80. The maximum Gasteiger partial charge on any atom is 0.416 e. The van der Waals surface area contributed by atoms with Crippen LogP contribution < -0.4 is 10.6 Å². The first-order valence-corrected chi connectivity index (χ1v) is 8.14. The first-order valence-electron chi connectivity index (χ1n) is 8.14. The highest BCUT2D eigenvalue weighted by atomic mass is 19.4. The molecule has 2 unspecified atom stereocenters. The molecule has 1 heterocycles. The molecule has 0 aliphatic carbocycles. The molecular formula is C19H19F3N2O. The number of hydrogen-bond donors (Lipinski definition) is 2. The molecule has 1 aliphatic heterocycles. The molecule has 25 heavy (non-hydrogen) atoms. The van der Waals surface area contributed by atoms with Gasteiger partial charge in [-0.2, -0.15) is 13.2 Å². The number of benzene rings is 2. The highest BCUT2D eigenvalue weighted by Gasteiger charge is 2.35. The lowest BCUT2D eigenvalue weighted by Crippen LogP contribution is -2.34. The Kier molecular flexibility index (Phi) is 5.08. The number of halogens is 3. The van der Waals surface area contributed by atoms with Crippen molar-refractivity contribution in [3.63, 3.8) is 0 Å². The second-order valence-electron chi connectivity index (χ2n) is 6.19. The van der Waals surface area contributed by atoms with Crippen molar-refractivity contribution in [2.24, 2.45) is 5.92 Å². The molecule has 6 heteroatoms. The minimum Gasteiger partial charge on any atom is -0.352 e. The van der Waals surface area contributed by atoms with E-state index in [1.807, 2.05) is 30.3 Å². The van der Waals surface area contributed by atoms with Gasteiger partial charge in [-0.25, -0.2) is 0 Å². The third kappa shape index (κ3) is 4.20. The summed E-state index contributed by atoms with van der Waals surface area (Å²) in [7, 11) is 0. The molecule has 0 bridgehead atoms. The Morgan fingerprint density at radius 1 is 1.04 bits per heavy atom. The predicted molar refractivity (Wildman–Crippen MR) is 88.8 cm³/mol. The van der Waals surface area contributed by atoms with Crippen LogP contribution >= 0.6 is 0 Å². The second kappa shape index (κ2) is 7.27. The van der Waals surface area contributed by atoms with Gasteiger partial charge in [0.2, 0.25) is 5.91 Å². The summed E-state index contributed by atoms with van der Waals surface area (Å²) in [5.41, 5.74) is 1.08. The van der Waals surface area contributed by atoms with E-state index in [1.54, 1.807) is 0 Å². The van der Waals surface area contributed by atoms with E-state index in [4.69, 9.17) is 0 Å². The Hall–Kier alpha value is -2.34. The smallest absolute Gasteiger partial charge is 0.352 e. The molecule has 1 fully saturated rings. The van der Waals surface area contributed by atoms with Gasteiger partial charge in [0.25, 0.3) is 0 Å². The van der Waals surface area contributed by atoms with Crippen LogP contribution in [0.15, 0.2) is 54.6 Å². The Balaban J connectivity index is 1.66. The van der Waals surface area contributed by atoms with Gasteiger partial charge in [-0.3, -0.25) is 4.79 Å². The molecule has 1 aliphatic rings. The maximum absolute atomic E-state index is 12.7. The third-order valence-corrected chi connectivity index (χ3v) is 4.53. The van der Waals surface area contributed by atoms with E-state index < -0.39 is 11.7 Å². The summed E-state index contributed by atoms with van der Waals surface area (Å²) >= 11 is 0. The Morgan fingerprint density at radius 3 is 2.36 bits per heavy atom. The average molecular weight is 348 g/mol. The molecular weight excluding hydrogens is 329 g/mol. The molecule has 2 N–H and O–H groups in total. The molecule has 2 atom stereocenters. The monoisotopic (exact) mass is 348 g/mol. The van der Waals surface area contributed by atoms with Gasteiger partial charge >= 0.3 is 6.18 Å². The molecule has 3 rings (SSSR count). The minimum atomic E-state index is -4.35. The lowest BCUT2D eigenvalue weighted by atomic mass is 9.88. The zero-order chi connectivity index (χ0) is 17.9. The molecule has 0 saturated carbocycles. The number of hydrogen-bond acceptors (Lipinski definition) is 2. The van der Waals surface area contributed by atoms with E-state index in [0.29, 0.717) is 19.6 Å². The summed E-state index contributed by atoms with van der Waals surface area (Å²) in [6.45, 7) is 1.54. The molecule has 0 aromatic heterocycles. The summed E-state index contributed by atoms with van der Waals surface area (Å²) in [6.07, 6.45) is -4.35. The van der Waals surface area contributed by atoms with Gasteiger partial charge in [-0.05, 0) is 23.3 Å². The fourth-order valence-corrected chi connectivity index (χ4v) is 3.14. The number of alkyl halides is 3. The Morgan fingerprint density at radius 2 is 1.72 bits per heavy atom. The SMILES string of the molecule is O=C(NCc1ccccc1)C1CNCC1c1ccc(C(F)(F)F)cc1. The van der Waals surface area contributed by atoms with E-state index in [1.165, 1.54) is 12.1 Å². The summed E-state index contributed by atoms with van der Waals surface area (Å²) in [5.74, 6) is -0.503. The fourth-order valence-electron chi connectivity index (χ4n) is 3.14. The van der Waals surface area contributed by atoms with Gasteiger partial charge in [0.15, 0.2) is 0 Å². The van der Waals surface area contributed by atoms with Crippen LogP contribution in [0.2, 0.25) is 0 Å². The Bertz CT molecular complexity index is 714. The lowest BCUT2D eigenvalue weighted by molar-refractivity contribution is -0.137. The summed E-state index contributed by atoms with van der Waals surface area (Å²) < 4.78 is 38.1. The van der Waals surface area contributed by atoms with E-state index >= 15 is 0 Å². The summed E-state index contributed by atoms with van der Waals surface area (Å²) in [4.78, 5) is 12.5. The van der Waals surface area contributed by atoms with E-state index in [0.717, 1.165) is 23.3 Å².